The largest absolute Gasteiger partial charge is 0.465 e. The Kier molecular flexibility index (Phi) is 5.63. The molecule has 2 aromatic rings. The monoisotopic (exact) mass is 313 g/mol. The van der Waals surface area contributed by atoms with Gasteiger partial charge in [0.25, 0.3) is 0 Å². The maximum absolute atomic E-state index is 12.9. The molecule has 23 heavy (non-hydrogen) atoms. The zero-order valence-corrected chi connectivity index (χ0v) is 12.7. The van der Waals surface area contributed by atoms with E-state index in [9.17, 15) is 9.18 Å². The van der Waals surface area contributed by atoms with Crippen molar-refractivity contribution in [2.45, 2.75) is 6.42 Å². The van der Waals surface area contributed by atoms with E-state index >= 15 is 0 Å². The highest BCUT2D eigenvalue weighted by atomic mass is 19.1. The first-order valence-corrected chi connectivity index (χ1v) is 6.92. The van der Waals surface area contributed by atoms with Gasteiger partial charge in [-0.25, -0.2) is 14.2 Å². The third kappa shape index (κ3) is 4.51. The molecule has 0 aliphatic heterocycles. The van der Waals surface area contributed by atoms with Crippen molar-refractivity contribution >= 4 is 5.97 Å². The lowest BCUT2D eigenvalue weighted by Crippen LogP contribution is -2.02. The van der Waals surface area contributed by atoms with E-state index in [1.54, 1.807) is 30.4 Å². The highest BCUT2D eigenvalue weighted by molar-refractivity contribution is 5.91. The molecule has 0 amide bonds. The topological polar surface area (TPSA) is 52.3 Å². The maximum Gasteiger partial charge on any atom is 0.337 e. The zero-order chi connectivity index (χ0) is 16.7. The van der Waals surface area contributed by atoms with Crippen LogP contribution in [0.2, 0.25) is 0 Å². The van der Waals surface area contributed by atoms with Gasteiger partial charge in [-0.15, -0.1) is 0 Å². The SMILES string of the molecule is C=CC=C(C=CCc1coc(-c2ccc(F)cc2)n1)C(=O)OC. The number of hydrogen-bond acceptors (Lipinski definition) is 4. The summed E-state index contributed by atoms with van der Waals surface area (Å²) < 4.78 is 22.9. The number of nitrogens with zero attached hydrogens (tertiary/aromatic N) is 1. The minimum Gasteiger partial charge on any atom is -0.465 e. The first-order chi connectivity index (χ1) is 11.1. The van der Waals surface area contributed by atoms with Crippen molar-refractivity contribution in [1.29, 1.82) is 0 Å². The van der Waals surface area contributed by atoms with Crippen molar-refractivity contribution in [3.63, 3.8) is 0 Å². The second kappa shape index (κ2) is 7.89. The van der Waals surface area contributed by atoms with Crippen LogP contribution in [0.25, 0.3) is 11.5 Å². The number of rotatable bonds is 6. The average molecular weight is 313 g/mol. The molecule has 1 aromatic heterocycles. The van der Waals surface area contributed by atoms with Crippen molar-refractivity contribution in [1.82, 2.24) is 4.98 Å². The van der Waals surface area contributed by atoms with E-state index in [0.717, 1.165) is 0 Å². The van der Waals surface area contributed by atoms with Gasteiger partial charge in [0.1, 0.15) is 12.1 Å². The summed E-state index contributed by atoms with van der Waals surface area (Å²) >= 11 is 0. The fraction of sp³-hybridized carbons (Fsp3) is 0.111. The number of ether oxygens (including phenoxy) is 1. The number of carbonyl (C=O) groups excluding carboxylic acids is 1. The lowest BCUT2D eigenvalue weighted by molar-refractivity contribution is -0.135. The van der Waals surface area contributed by atoms with Gasteiger partial charge in [-0.3, -0.25) is 0 Å². The van der Waals surface area contributed by atoms with E-state index in [2.05, 4.69) is 16.3 Å². The summed E-state index contributed by atoms with van der Waals surface area (Å²) in [6.45, 7) is 3.55. The Labute approximate surface area is 133 Å². The van der Waals surface area contributed by atoms with Gasteiger partial charge in [-0.1, -0.05) is 24.8 Å². The van der Waals surface area contributed by atoms with Crippen molar-refractivity contribution in [2.75, 3.05) is 7.11 Å². The van der Waals surface area contributed by atoms with Crippen LogP contribution >= 0.6 is 0 Å². The van der Waals surface area contributed by atoms with Crippen LogP contribution in [-0.4, -0.2) is 18.1 Å². The lowest BCUT2D eigenvalue weighted by atomic mass is 10.2. The number of allylic oxidation sites excluding steroid dienone is 3. The third-order valence-corrected chi connectivity index (χ3v) is 2.99. The molecule has 0 saturated carbocycles. The Morgan fingerprint density at radius 3 is 2.78 bits per heavy atom. The minimum atomic E-state index is -0.437. The molecule has 2 rings (SSSR count). The Balaban J connectivity index is 2.05. The van der Waals surface area contributed by atoms with Crippen LogP contribution in [0.15, 0.2) is 71.4 Å². The molecule has 0 unspecified atom stereocenters. The van der Waals surface area contributed by atoms with Crippen LogP contribution in [0, 0.1) is 5.82 Å². The van der Waals surface area contributed by atoms with Gasteiger partial charge in [-0.05, 0) is 30.3 Å². The Bertz CT molecular complexity index is 742. The molecule has 0 spiro atoms. The van der Waals surface area contributed by atoms with Crippen LogP contribution in [-0.2, 0) is 16.0 Å². The molecule has 0 fully saturated rings. The highest BCUT2D eigenvalue weighted by Crippen LogP contribution is 2.19. The fourth-order valence-corrected chi connectivity index (χ4v) is 1.87. The van der Waals surface area contributed by atoms with E-state index in [0.29, 0.717) is 29.1 Å². The van der Waals surface area contributed by atoms with Crippen molar-refractivity contribution in [3.05, 3.63) is 78.5 Å². The Morgan fingerprint density at radius 2 is 2.13 bits per heavy atom. The number of aromatic nitrogens is 1. The number of benzene rings is 1. The number of oxazole rings is 1. The van der Waals surface area contributed by atoms with E-state index < -0.39 is 5.97 Å². The summed E-state index contributed by atoms with van der Waals surface area (Å²) in [6.07, 6.45) is 8.50. The second-order valence-electron chi connectivity index (χ2n) is 4.61. The van der Waals surface area contributed by atoms with Gasteiger partial charge >= 0.3 is 5.97 Å². The van der Waals surface area contributed by atoms with Gasteiger partial charge in [0, 0.05) is 12.0 Å². The van der Waals surface area contributed by atoms with Crippen LogP contribution < -0.4 is 0 Å². The molecule has 0 aliphatic rings. The van der Waals surface area contributed by atoms with Gasteiger partial charge in [0.05, 0.1) is 18.4 Å². The van der Waals surface area contributed by atoms with E-state index in [-0.39, 0.29) is 5.82 Å². The summed E-state index contributed by atoms with van der Waals surface area (Å²) in [5, 5.41) is 0. The summed E-state index contributed by atoms with van der Waals surface area (Å²) in [6, 6.07) is 5.90. The molecule has 4 nitrogen and oxygen atoms in total. The number of carbonyl (C=O) groups is 1. The third-order valence-electron chi connectivity index (χ3n) is 2.99. The quantitative estimate of drug-likeness (QED) is 0.461. The molecule has 0 N–H and O–H groups in total. The van der Waals surface area contributed by atoms with Crippen molar-refractivity contribution < 1.29 is 18.3 Å². The van der Waals surface area contributed by atoms with Gasteiger partial charge in [0.15, 0.2) is 0 Å². The predicted molar refractivity (Wildman–Crippen MR) is 85.0 cm³/mol. The van der Waals surface area contributed by atoms with Gasteiger partial charge < -0.3 is 9.15 Å². The molecular formula is C18H16FNO3. The minimum absolute atomic E-state index is 0.312. The standard InChI is InChI=1S/C18H16FNO3/c1-3-5-14(18(21)22-2)6-4-7-16-12-23-17(20-16)13-8-10-15(19)11-9-13/h3-6,8-12H,1,7H2,2H3. The summed E-state index contributed by atoms with van der Waals surface area (Å²) in [4.78, 5) is 15.8. The van der Waals surface area contributed by atoms with Gasteiger partial charge in [-0.2, -0.15) is 0 Å². The molecule has 0 aliphatic carbocycles. The number of hydrogen-bond donors (Lipinski definition) is 0. The smallest absolute Gasteiger partial charge is 0.337 e. The molecule has 118 valence electrons. The first-order valence-electron chi connectivity index (χ1n) is 6.92. The second-order valence-corrected chi connectivity index (χ2v) is 4.61. The predicted octanol–water partition coefficient (Wildman–Crippen LogP) is 3.86. The van der Waals surface area contributed by atoms with Crippen LogP contribution in [0.4, 0.5) is 4.39 Å². The molecule has 0 atom stereocenters. The molecule has 1 aromatic carbocycles. The van der Waals surface area contributed by atoms with Crippen molar-refractivity contribution in [2.24, 2.45) is 0 Å². The number of methoxy groups -OCH3 is 1. The maximum atomic E-state index is 12.9. The van der Waals surface area contributed by atoms with Crippen LogP contribution in [0.5, 0.6) is 0 Å². The zero-order valence-electron chi connectivity index (χ0n) is 12.7. The van der Waals surface area contributed by atoms with Gasteiger partial charge in [0.2, 0.25) is 5.89 Å². The van der Waals surface area contributed by atoms with Crippen LogP contribution in [0.1, 0.15) is 5.69 Å². The van der Waals surface area contributed by atoms with Crippen molar-refractivity contribution in [3.8, 4) is 11.5 Å². The van der Waals surface area contributed by atoms with Crippen LogP contribution in [0.3, 0.4) is 0 Å². The Hall–Kier alpha value is -2.95. The number of esters is 1. The lowest BCUT2D eigenvalue weighted by Gasteiger charge is -1.97. The molecular weight excluding hydrogens is 297 g/mol. The molecule has 0 bridgehead atoms. The molecule has 1 heterocycles. The van der Waals surface area contributed by atoms with E-state index in [1.807, 2.05) is 0 Å². The molecule has 0 radical (unpaired) electrons. The van der Waals surface area contributed by atoms with E-state index in [1.165, 1.54) is 31.6 Å². The fourth-order valence-electron chi connectivity index (χ4n) is 1.87. The number of halogens is 1. The molecule has 0 saturated heterocycles. The average Bonchev–Trinajstić information content (AvgIpc) is 3.03. The summed E-state index contributed by atoms with van der Waals surface area (Å²) in [5.41, 5.74) is 1.79. The van der Waals surface area contributed by atoms with E-state index in [4.69, 9.17) is 4.42 Å². The first kappa shape index (κ1) is 16.4. The molecule has 5 heteroatoms. The highest BCUT2D eigenvalue weighted by Gasteiger charge is 2.07. The summed E-state index contributed by atoms with van der Waals surface area (Å²) in [7, 11) is 1.32. The summed E-state index contributed by atoms with van der Waals surface area (Å²) in [5.74, 6) is -0.329. The Morgan fingerprint density at radius 1 is 1.39 bits per heavy atom. The normalized spacial score (nSPS) is 11.7.